The Morgan fingerprint density at radius 1 is 1.14 bits per heavy atom. The molecule has 3 rings (SSSR count). The molecular formula is C18H27FN2. The highest BCUT2D eigenvalue weighted by molar-refractivity contribution is 5.53. The van der Waals surface area contributed by atoms with Crippen LogP contribution in [-0.4, -0.2) is 19.6 Å². The molecule has 0 radical (unpaired) electrons. The number of anilines is 1. The standard InChI is InChI=1S/C18H27FN2/c1-21(13-14-5-3-2-4-6-14)18-10-7-16(19)11-15(18)12-20-17-8-9-17/h7,10-11,14,17,20H,2-6,8-9,12-13H2,1H3. The van der Waals surface area contributed by atoms with Crippen LogP contribution >= 0.6 is 0 Å². The topological polar surface area (TPSA) is 15.3 Å². The Morgan fingerprint density at radius 2 is 1.90 bits per heavy atom. The Labute approximate surface area is 127 Å². The molecule has 0 spiro atoms. The molecule has 0 aromatic heterocycles. The number of nitrogens with zero attached hydrogens (tertiary/aromatic N) is 1. The molecule has 2 nitrogen and oxygen atoms in total. The van der Waals surface area contributed by atoms with E-state index in [1.54, 1.807) is 12.1 Å². The molecule has 1 aromatic carbocycles. The van der Waals surface area contributed by atoms with Crippen LogP contribution in [0.2, 0.25) is 0 Å². The van der Waals surface area contributed by atoms with Crippen molar-refractivity contribution >= 4 is 5.69 Å². The van der Waals surface area contributed by atoms with Gasteiger partial charge in [0.25, 0.3) is 0 Å². The summed E-state index contributed by atoms with van der Waals surface area (Å²) >= 11 is 0. The van der Waals surface area contributed by atoms with Gasteiger partial charge in [-0.3, -0.25) is 0 Å². The van der Waals surface area contributed by atoms with Crippen LogP contribution in [0.15, 0.2) is 18.2 Å². The minimum absolute atomic E-state index is 0.127. The van der Waals surface area contributed by atoms with Crippen molar-refractivity contribution in [2.45, 2.75) is 57.5 Å². The molecule has 21 heavy (non-hydrogen) atoms. The first-order chi connectivity index (χ1) is 10.2. The summed E-state index contributed by atoms with van der Waals surface area (Å²) in [6.07, 6.45) is 9.37. The van der Waals surface area contributed by atoms with Crippen molar-refractivity contribution in [2.24, 2.45) is 5.92 Å². The van der Waals surface area contributed by atoms with E-state index in [4.69, 9.17) is 0 Å². The lowest BCUT2D eigenvalue weighted by Gasteiger charge is -2.29. The van der Waals surface area contributed by atoms with Crippen LogP contribution in [0, 0.1) is 11.7 Å². The summed E-state index contributed by atoms with van der Waals surface area (Å²) < 4.78 is 13.6. The second kappa shape index (κ2) is 6.78. The van der Waals surface area contributed by atoms with Crippen LogP contribution in [0.3, 0.4) is 0 Å². The van der Waals surface area contributed by atoms with Crippen LogP contribution in [0.5, 0.6) is 0 Å². The molecule has 1 N–H and O–H groups in total. The van der Waals surface area contributed by atoms with Crippen molar-refractivity contribution < 1.29 is 4.39 Å². The molecule has 116 valence electrons. The first-order valence-corrected chi connectivity index (χ1v) is 8.45. The molecule has 2 fully saturated rings. The van der Waals surface area contributed by atoms with E-state index in [9.17, 15) is 4.39 Å². The average molecular weight is 290 g/mol. The van der Waals surface area contributed by atoms with E-state index in [0.717, 1.165) is 24.6 Å². The van der Waals surface area contributed by atoms with Gasteiger partial charge >= 0.3 is 0 Å². The zero-order chi connectivity index (χ0) is 14.7. The van der Waals surface area contributed by atoms with Gasteiger partial charge in [0.1, 0.15) is 5.82 Å². The molecule has 2 aliphatic carbocycles. The largest absolute Gasteiger partial charge is 0.374 e. The van der Waals surface area contributed by atoms with E-state index in [1.165, 1.54) is 50.6 Å². The van der Waals surface area contributed by atoms with Crippen molar-refractivity contribution in [3.8, 4) is 0 Å². The van der Waals surface area contributed by atoms with Gasteiger partial charge < -0.3 is 10.2 Å². The van der Waals surface area contributed by atoms with Crippen LogP contribution in [-0.2, 0) is 6.54 Å². The third-order valence-corrected chi connectivity index (χ3v) is 4.87. The monoisotopic (exact) mass is 290 g/mol. The summed E-state index contributed by atoms with van der Waals surface area (Å²) in [6.45, 7) is 1.88. The summed E-state index contributed by atoms with van der Waals surface area (Å²) in [5, 5.41) is 3.51. The van der Waals surface area contributed by atoms with Crippen LogP contribution in [0.1, 0.15) is 50.5 Å². The van der Waals surface area contributed by atoms with Gasteiger partial charge in [-0.1, -0.05) is 19.3 Å². The van der Waals surface area contributed by atoms with Crippen LogP contribution < -0.4 is 10.2 Å². The number of nitrogens with one attached hydrogen (secondary N) is 1. The molecule has 2 saturated carbocycles. The molecule has 1 aromatic rings. The summed E-state index contributed by atoms with van der Waals surface area (Å²) in [5.41, 5.74) is 2.29. The molecule has 0 saturated heterocycles. The maximum Gasteiger partial charge on any atom is 0.123 e. The van der Waals surface area contributed by atoms with Crippen molar-refractivity contribution in [3.63, 3.8) is 0 Å². The van der Waals surface area contributed by atoms with E-state index >= 15 is 0 Å². The van der Waals surface area contributed by atoms with Gasteiger partial charge in [-0.2, -0.15) is 0 Å². The van der Waals surface area contributed by atoms with E-state index in [0.29, 0.717) is 6.04 Å². The average Bonchev–Trinajstić information content (AvgIpc) is 3.30. The quantitative estimate of drug-likeness (QED) is 0.848. The molecule has 0 heterocycles. The number of hydrogen-bond donors (Lipinski definition) is 1. The van der Waals surface area contributed by atoms with Gasteiger partial charge in [-0.05, 0) is 55.4 Å². The normalized spacial score (nSPS) is 19.7. The predicted octanol–water partition coefficient (Wildman–Crippen LogP) is 4.09. The zero-order valence-corrected chi connectivity index (χ0v) is 13.1. The van der Waals surface area contributed by atoms with Gasteiger partial charge in [0, 0.05) is 31.9 Å². The Balaban J connectivity index is 1.66. The molecular weight excluding hydrogens is 263 g/mol. The number of benzene rings is 1. The molecule has 0 unspecified atom stereocenters. The highest BCUT2D eigenvalue weighted by atomic mass is 19.1. The van der Waals surface area contributed by atoms with E-state index in [1.807, 2.05) is 6.07 Å². The lowest BCUT2D eigenvalue weighted by atomic mass is 9.89. The molecule has 3 heteroatoms. The summed E-state index contributed by atoms with van der Waals surface area (Å²) in [5.74, 6) is 0.676. The number of rotatable bonds is 6. The van der Waals surface area contributed by atoms with Gasteiger partial charge in [0.15, 0.2) is 0 Å². The van der Waals surface area contributed by atoms with Crippen molar-refractivity contribution in [3.05, 3.63) is 29.6 Å². The molecule has 0 aliphatic heterocycles. The van der Waals surface area contributed by atoms with E-state index < -0.39 is 0 Å². The third kappa shape index (κ3) is 4.19. The fourth-order valence-corrected chi connectivity index (χ4v) is 3.47. The van der Waals surface area contributed by atoms with Crippen LogP contribution in [0.4, 0.5) is 10.1 Å². The van der Waals surface area contributed by atoms with Gasteiger partial charge in [-0.25, -0.2) is 4.39 Å². The van der Waals surface area contributed by atoms with E-state index in [-0.39, 0.29) is 5.82 Å². The fraction of sp³-hybridized carbons (Fsp3) is 0.667. The molecule has 0 amide bonds. The second-order valence-corrected chi connectivity index (χ2v) is 6.81. The van der Waals surface area contributed by atoms with Gasteiger partial charge in [0.05, 0.1) is 0 Å². The zero-order valence-electron chi connectivity index (χ0n) is 13.1. The Hall–Kier alpha value is -1.09. The van der Waals surface area contributed by atoms with Gasteiger partial charge in [0.2, 0.25) is 0 Å². The smallest absolute Gasteiger partial charge is 0.123 e. The Kier molecular flexibility index (Phi) is 4.79. The SMILES string of the molecule is CN(CC1CCCCC1)c1ccc(F)cc1CNC1CC1. The molecule has 0 atom stereocenters. The Bertz CT molecular complexity index is 464. The van der Waals surface area contributed by atoms with Crippen molar-refractivity contribution in [2.75, 3.05) is 18.5 Å². The molecule has 2 aliphatic rings. The highest BCUT2D eigenvalue weighted by Gasteiger charge is 2.21. The van der Waals surface area contributed by atoms with Crippen LogP contribution in [0.25, 0.3) is 0 Å². The minimum atomic E-state index is -0.127. The van der Waals surface area contributed by atoms with Crippen molar-refractivity contribution in [1.29, 1.82) is 0 Å². The fourth-order valence-electron chi connectivity index (χ4n) is 3.47. The first kappa shape index (κ1) is 14.8. The highest BCUT2D eigenvalue weighted by Crippen LogP contribution is 2.28. The predicted molar refractivity (Wildman–Crippen MR) is 86.1 cm³/mol. The summed E-state index contributed by atoms with van der Waals surface area (Å²) in [7, 11) is 2.16. The first-order valence-electron chi connectivity index (χ1n) is 8.45. The number of hydrogen-bond acceptors (Lipinski definition) is 2. The lowest BCUT2D eigenvalue weighted by molar-refractivity contribution is 0.362. The lowest BCUT2D eigenvalue weighted by Crippen LogP contribution is -2.28. The third-order valence-electron chi connectivity index (χ3n) is 4.87. The summed E-state index contributed by atoms with van der Waals surface area (Å²) in [6, 6.07) is 5.89. The second-order valence-electron chi connectivity index (χ2n) is 6.81. The molecule has 0 bridgehead atoms. The summed E-state index contributed by atoms with van der Waals surface area (Å²) in [4.78, 5) is 2.33. The number of halogens is 1. The maximum atomic E-state index is 13.6. The van der Waals surface area contributed by atoms with E-state index in [2.05, 4.69) is 17.3 Å². The minimum Gasteiger partial charge on any atom is -0.374 e. The van der Waals surface area contributed by atoms with Crippen molar-refractivity contribution in [1.82, 2.24) is 5.32 Å². The maximum absolute atomic E-state index is 13.6. The Morgan fingerprint density at radius 3 is 2.62 bits per heavy atom. The van der Waals surface area contributed by atoms with Gasteiger partial charge in [-0.15, -0.1) is 0 Å².